The maximum Gasteiger partial charge on any atom is 0.208 e. The Morgan fingerprint density at radius 1 is 1.21 bits per heavy atom. The minimum Gasteiger partial charge on any atom is -0.355 e. The number of nitrogens with one attached hydrogen (secondary N) is 2. The molecule has 0 aromatic carbocycles. The van der Waals surface area contributed by atoms with Gasteiger partial charge in [0.1, 0.15) is 0 Å². The summed E-state index contributed by atoms with van der Waals surface area (Å²) in [4.78, 5) is 6.79. The molecule has 0 aliphatic carbocycles. The fourth-order valence-electron chi connectivity index (χ4n) is 3.02. The van der Waals surface area contributed by atoms with Gasteiger partial charge in [-0.1, -0.05) is 0 Å². The first kappa shape index (κ1) is 19.5. The monoisotopic (exact) mass is 380 g/mol. The average Bonchev–Trinajstić information content (AvgIpc) is 2.85. The van der Waals surface area contributed by atoms with Crippen LogP contribution in [0, 0.1) is 5.92 Å². The molecule has 2 N–H and O–H groups in total. The molecule has 2 aliphatic heterocycles. The highest BCUT2D eigenvalue weighted by Crippen LogP contribution is 2.18. The lowest BCUT2D eigenvalue weighted by Gasteiger charge is -2.30. The third-order valence-corrected chi connectivity index (χ3v) is 6.82. The Morgan fingerprint density at radius 2 is 1.92 bits per heavy atom. The van der Waals surface area contributed by atoms with E-state index in [4.69, 9.17) is 0 Å². The molecule has 24 heavy (non-hydrogen) atoms. The zero-order valence-electron chi connectivity index (χ0n) is 14.2. The van der Waals surface area contributed by atoms with Crippen LogP contribution in [-0.4, -0.2) is 78.2 Å². The average molecular weight is 381 g/mol. The zero-order chi connectivity index (χ0) is 17.6. The Morgan fingerprint density at radius 3 is 2.50 bits per heavy atom. The number of hydrogen-bond acceptors (Lipinski definition) is 5. The first-order chi connectivity index (χ1) is 11.3. The van der Waals surface area contributed by atoms with Gasteiger partial charge < -0.3 is 10.2 Å². The largest absolute Gasteiger partial charge is 0.355 e. The van der Waals surface area contributed by atoms with Crippen molar-refractivity contribution in [3.8, 4) is 0 Å². The Kier molecular flexibility index (Phi) is 6.88. The fourth-order valence-corrected chi connectivity index (χ4v) is 5.34. The molecule has 0 amide bonds. The maximum atomic E-state index is 11.6. The summed E-state index contributed by atoms with van der Waals surface area (Å²) in [5.74, 6) is 1.33. The molecule has 0 aromatic heterocycles. The van der Waals surface area contributed by atoms with E-state index in [2.05, 4.69) is 19.9 Å². The second kappa shape index (κ2) is 8.48. The molecule has 2 heterocycles. The number of aliphatic imine (C=N–C) groups is 1. The standard InChI is InChI=1S/C14H28N4O4S2/c1-23(19,20)17-7-6-15-14(18-8-3-2-4-9-18)16-11-13-5-10-24(21,22)12-13/h13,17H,2-12H2,1H3,(H,15,16). The number of sulfonamides is 1. The Labute approximate surface area is 145 Å². The van der Waals surface area contributed by atoms with E-state index in [0.717, 1.165) is 38.1 Å². The molecule has 2 saturated heterocycles. The van der Waals surface area contributed by atoms with Crippen molar-refractivity contribution in [2.24, 2.45) is 10.9 Å². The summed E-state index contributed by atoms with van der Waals surface area (Å²) in [6.45, 7) is 3.09. The van der Waals surface area contributed by atoms with Gasteiger partial charge in [0.2, 0.25) is 10.0 Å². The van der Waals surface area contributed by atoms with Crippen LogP contribution >= 0.6 is 0 Å². The molecule has 1 unspecified atom stereocenters. The highest BCUT2D eigenvalue weighted by molar-refractivity contribution is 7.91. The number of piperidine rings is 1. The van der Waals surface area contributed by atoms with Crippen molar-refractivity contribution < 1.29 is 16.8 Å². The summed E-state index contributed by atoms with van der Waals surface area (Å²) in [7, 11) is -6.08. The van der Waals surface area contributed by atoms with Crippen molar-refractivity contribution in [1.82, 2.24) is 14.9 Å². The quantitative estimate of drug-likeness (QED) is 0.362. The Hall–Kier alpha value is -0.870. The molecule has 0 saturated carbocycles. The predicted octanol–water partition coefficient (Wildman–Crippen LogP) is -0.598. The van der Waals surface area contributed by atoms with Crippen LogP contribution in [0.5, 0.6) is 0 Å². The minimum atomic E-state index is -3.20. The molecular weight excluding hydrogens is 352 g/mol. The first-order valence-corrected chi connectivity index (χ1v) is 12.1. The lowest BCUT2D eigenvalue weighted by molar-refractivity contribution is 0.330. The summed E-state index contributed by atoms with van der Waals surface area (Å²) in [6.07, 6.45) is 5.24. The summed E-state index contributed by atoms with van der Waals surface area (Å²) in [5, 5.41) is 3.21. The van der Waals surface area contributed by atoms with E-state index in [1.807, 2.05) is 0 Å². The van der Waals surface area contributed by atoms with Gasteiger partial charge >= 0.3 is 0 Å². The molecule has 0 radical (unpaired) electrons. The number of guanidine groups is 1. The van der Waals surface area contributed by atoms with Gasteiger partial charge in [0.15, 0.2) is 15.8 Å². The summed E-state index contributed by atoms with van der Waals surface area (Å²) < 4.78 is 47.8. The highest BCUT2D eigenvalue weighted by Gasteiger charge is 2.27. The van der Waals surface area contributed by atoms with Gasteiger partial charge in [0.05, 0.1) is 17.8 Å². The highest BCUT2D eigenvalue weighted by atomic mass is 32.2. The Bertz CT molecular complexity index is 640. The van der Waals surface area contributed by atoms with Crippen LogP contribution in [0.4, 0.5) is 0 Å². The molecule has 140 valence electrons. The fraction of sp³-hybridized carbons (Fsp3) is 0.929. The molecule has 2 rings (SSSR count). The molecule has 0 bridgehead atoms. The van der Waals surface area contributed by atoms with Crippen molar-refractivity contribution >= 4 is 25.8 Å². The zero-order valence-corrected chi connectivity index (χ0v) is 15.8. The lowest BCUT2D eigenvalue weighted by atomic mass is 10.1. The van der Waals surface area contributed by atoms with Crippen LogP contribution in [0.25, 0.3) is 0 Å². The third-order valence-electron chi connectivity index (χ3n) is 4.25. The molecule has 0 spiro atoms. The predicted molar refractivity (Wildman–Crippen MR) is 95.3 cm³/mol. The van der Waals surface area contributed by atoms with E-state index < -0.39 is 19.9 Å². The van der Waals surface area contributed by atoms with Crippen LogP contribution in [0.3, 0.4) is 0 Å². The smallest absolute Gasteiger partial charge is 0.208 e. The van der Waals surface area contributed by atoms with Crippen LogP contribution in [0.2, 0.25) is 0 Å². The second-order valence-corrected chi connectivity index (χ2v) is 10.6. The molecule has 2 aliphatic rings. The molecular formula is C14H28N4O4S2. The number of rotatable bonds is 6. The number of nitrogens with zero attached hydrogens (tertiary/aromatic N) is 2. The van der Waals surface area contributed by atoms with Crippen molar-refractivity contribution in [1.29, 1.82) is 0 Å². The molecule has 0 aromatic rings. The van der Waals surface area contributed by atoms with Crippen LogP contribution in [-0.2, 0) is 19.9 Å². The van der Waals surface area contributed by atoms with Crippen molar-refractivity contribution in [2.75, 3.05) is 50.5 Å². The number of likely N-dealkylation sites (tertiary alicyclic amines) is 1. The summed E-state index contributed by atoms with van der Waals surface area (Å²) in [6, 6.07) is 0. The van der Waals surface area contributed by atoms with Crippen molar-refractivity contribution in [2.45, 2.75) is 25.7 Å². The lowest BCUT2D eigenvalue weighted by Crippen LogP contribution is -2.46. The van der Waals surface area contributed by atoms with E-state index in [1.165, 1.54) is 6.42 Å². The molecule has 2 fully saturated rings. The van der Waals surface area contributed by atoms with Gasteiger partial charge in [-0.25, -0.2) is 21.6 Å². The molecule has 10 heteroatoms. The Balaban J connectivity index is 1.90. The van der Waals surface area contributed by atoms with Crippen molar-refractivity contribution in [3.63, 3.8) is 0 Å². The van der Waals surface area contributed by atoms with E-state index >= 15 is 0 Å². The van der Waals surface area contributed by atoms with Crippen LogP contribution in [0.1, 0.15) is 25.7 Å². The molecule has 8 nitrogen and oxygen atoms in total. The summed E-state index contributed by atoms with van der Waals surface area (Å²) >= 11 is 0. The second-order valence-electron chi connectivity index (χ2n) is 6.57. The van der Waals surface area contributed by atoms with Gasteiger partial charge in [-0.2, -0.15) is 0 Å². The van der Waals surface area contributed by atoms with Gasteiger partial charge in [0.25, 0.3) is 0 Å². The number of hydrogen-bond donors (Lipinski definition) is 2. The van der Waals surface area contributed by atoms with Gasteiger partial charge in [-0.3, -0.25) is 4.99 Å². The van der Waals surface area contributed by atoms with Gasteiger partial charge in [-0.05, 0) is 31.6 Å². The van der Waals surface area contributed by atoms with Crippen molar-refractivity contribution in [3.05, 3.63) is 0 Å². The van der Waals surface area contributed by atoms with Crippen LogP contribution in [0.15, 0.2) is 4.99 Å². The maximum absolute atomic E-state index is 11.6. The van der Waals surface area contributed by atoms with Gasteiger partial charge in [-0.15, -0.1) is 0 Å². The third kappa shape index (κ3) is 6.94. The number of sulfone groups is 1. The van der Waals surface area contributed by atoms with Crippen LogP contribution < -0.4 is 10.0 Å². The normalized spacial score (nSPS) is 25.0. The molecule has 1 atom stereocenters. The SMILES string of the molecule is CS(=O)(=O)NCCNC(=NCC1CCS(=O)(=O)C1)N1CCCCC1. The van der Waals surface area contributed by atoms with Gasteiger partial charge in [0, 0.05) is 32.7 Å². The van der Waals surface area contributed by atoms with E-state index in [1.54, 1.807) is 0 Å². The van der Waals surface area contributed by atoms with E-state index in [9.17, 15) is 16.8 Å². The first-order valence-electron chi connectivity index (χ1n) is 8.43. The minimum absolute atomic E-state index is 0.0886. The summed E-state index contributed by atoms with van der Waals surface area (Å²) in [5.41, 5.74) is 0. The van der Waals surface area contributed by atoms with E-state index in [-0.39, 0.29) is 17.4 Å². The topological polar surface area (TPSA) is 108 Å². The van der Waals surface area contributed by atoms with E-state index in [0.29, 0.717) is 26.1 Å².